The van der Waals surface area contributed by atoms with Crippen LogP contribution in [0.3, 0.4) is 0 Å². The van der Waals surface area contributed by atoms with Crippen LogP contribution in [0, 0.1) is 0 Å². The van der Waals surface area contributed by atoms with Gasteiger partial charge in [-0.1, -0.05) is 78.9 Å². The van der Waals surface area contributed by atoms with Crippen LogP contribution in [-0.2, 0) is 28.6 Å². The Morgan fingerprint density at radius 3 is 2.05 bits per heavy atom. The van der Waals surface area contributed by atoms with Crippen LogP contribution in [0.25, 0.3) is 11.1 Å². The SMILES string of the molecule is CN(CCOc1ccc(/C(=C(/CCCl)c2ccccc2)c2ccccc2)cc1)C(=O)CCOCCOCCOCCNc1cccc2c1C(=O)N(C1CCC(=O)NC1=O)C2=O. The summed E-state index contributed by atoms with van der Waals surface area (Å²) in [6, 6.07) is 32.5. The quantitative estimate of drug-likeness (QED) is 0.0390. The van der Waals surface area contributed by atoms with Gasteiger partial charge in [0.25, 0.3) is 11.8 Å². The third kappa shape index (κ3) is 11.9. The van der Waals surface area contributed by atoms with Gasteiger partial charge in [-0.2, -0.15) is 0 Å². The van der Waals surface area contributed by atoms with Gasteiger partial charge < -0.3 is 29.2 Å². The number of allylic oxidation sites excluding steroid dienone is 1. The van der Waals surface area contributed by atoms with Crippen LogP contribution in [-0.4, -0.2) is 118 Å². The Morgan fingerprint density at radius 2 is 1.38 bits per heavy atom. The number of carbonyl (C=O) groups excluding carboxylic acids is 5. The van der Waals surface area contributed by atoms with E-state index in [9.17, 15) is 24.0 Å². The first-order chi connectivity index (χ1) is 29.8. The molecule has 0 aliphatic carbocycles. The summed E-state index contributed by atoms with van der Waals surface area (Å²) in [4.78, 5) is 65.4. The third-order valence-electron chi connectivity index (χ3n) is 10.3. The molecule has 14 heteroatoms. The van der Waals surface area contributed by atoms with E-state index in [4.69, 9.17) is 30.5 Å². The van der Waals surface area contributed by atoms with Crippen LogP contribution in [0.15, 0.2) is 103 Å². The van der Waals surface area contributed by atoms with Gasteiger partial charge in [0, 0.05) is 31.6 Å². The van der Waals surface area contributed by atoms with E-state index in [0.717, 1.165) is 33.6 Å². The van der Waals surface area contributed by atoms with Crippen molar-refractivity contribution in [1.82, 2.24) is 15.1 Å². The highest BCUT2D eigenvalue weighted by Crippen LogP contribution is 2.36. The zero-order valence-electron chi connectivity index (χ0n) is 34.2. The molecule has 1 fully saturated rings. The summed E-state index contributed by atoms with van der Waals surface area (Å²) in [5.41, 5.74) is 6.50. The van der Waals surface area contributed by atoms with Crippen molar-refractivity contribution in [2.45, 2.75) is 31.7 Å². The van der Waals surface area contributed by atoms with E-state index < -0.39 is 29.7 Å². The van der Waals surface area contributed by atoms with Crippen LogP contribution >= 0.6 is 11.6 Å². The second kappa shape index (κ2) is 22.7. The molecule has 5 amide bonds. The highest BCUT2D eigenvalue weighted by Gasteiger charge is 2.45. The average molecular weight is 851 g/mol. The lowest BCUT2D eigenvalue weighted by Gasteiger charge is -2.27. The topological polar surface area (TPSA) is 153 Å². The molecule has 0 spiro atoms. The zero-order chi connectivity index (χ0) is 43.0. The van der Waals surface area contributed by atoms with E-state index in [1.54, 1.807) is 30.1 Å². The highest BCUT2D eigenvalue weighted by molar-refractivity contribution is 6.25. The number of nitrogens with zero attached hydrogens (tertiary/aromatic N) is 2. The second-order valence-electron chi connectivity index (χ2n) is 14.4. The van der Waals surface area contributed by atoms with Gasteiger partial charge in [0.2, 0.25) is 17.7 Å². The summed E-state index contributed by atoms with van der Waals surface area (Å²) in [6.07, 6.45) is 1.11. The van der Waals surface area contributed by atoms with Gasteiger partial charge >= 0.3 is 0 Å². The van der Waals surface area contributed by atoms with Crippen molar-refractivity contribution < 1.29 is 42.9 Å². The molecule has 0 radical (unpaired) electrons. The first-order valence-electron chi connectivity index (χ1n) is 20.5. The number of nitrogens with one attached hydrogen (secondary N) is 2. The van der Waals surface area contributed by atoms with Crippen LogP contribution in [0.4, 0.5) is 5.69 Å². The summed E-state index contributed by atoms with van der Waals surface area (Å²) in [5.74, 6) is -1.03. The monoisotopic (exact) mass is 850 g/mol. The smallest absolute Gasteiger partial charge is 0.264 e. The van der Waals surface area contributed by atoms with Crippen LogP contribution in [0.5, 0.6) is 5.75 Å². The van der Waals surface area contributed by atoms with E-state index in [1.807, 2.05) is 48.5 Å². The molecule has 4 aromatic rings. The number of carbonyl (C=O) groups is 5. The molecule has 0 saturated carbocycles. The maximum Gasteiger partial charge on any atom is 0.264 e. The Kier molecular flexibility index (Phi) is 16.6. The number of amides is 5. The van der Waals surface area contributed by atoms with Gasteiger partial charge in [-0.05, 0) is 64.9 Å². The first-order valence-corrected chi connectivity index (χ1v) is 21.0. The molecule has 2 N–H and O–H groups in total. The minimum Gasteiger partial charge on any atom is -0.492 e. The molecule has 1 unspecified atom stereocenters. The number of likely N-dealkylation sites (N-methyl/N-ethyl adjacent to an activating group) is 1. The molecule has 2 aliphatic heterocycles. The Balaban J connectivity index is 0.827. The van der Waals surface area contributed by atoms with E-state index in [0.29, 0.717) is 70.0 Å². The molecular weight excluding hydrogens is 800 g/mol. The Morgan fingerprint density at radius 1 is 0.738 bits per heavy atom. The number of rotatable bonds is 23. The van der Waals surface area contributed by atoms with Gasteiger partial charge in [-0.15, -0.1) is 11.6 Å². The molecule has 1 atom stereocenters. The van der Waals surface area contributed by atoms with Gasteiger partial charge in [-0.25, -0.2) is 0 Å². The minimum atomic E-state index is -1.02. The molecule has 4 aromatic carbocycles. The summed E-state index contributed by atoms with van der Waals surface area (Å²) in [7, 11) is 1.75. The van der Waals surface area contributed by atoms with Gasteiger partial charge in [-0.3, -0.25) is 34.2 Å². The molecule has 6 rings (SSSR count). The lowest BCUT2D eigenvalue weighted by molar-refractivity contribution is -0.136. The number of fused-ring (bicyclic) bond motifs is 1. The van der Waals surface area contributed by atoms with Gasteiger partial charge in [0.15, 0.2) is 0 Å². The largest absolute Gasteiger partial charge is 0.492 e. The van der Waals surface area contributed by atoms with Crippen molar-refractivity contribution in [3.05, 3.63) is 131 Å². The Bertz CT molecular complexity index is 2170. The van der Waals surface area contributed by atoms with Crippen LogP contribution in [0.1, 0.15) is 63.1 Å². The Hall–Kier alpha value is -5.86. The summed E-state index contributed by atoms with van der Waals surface area (Å²) in [6.45, 7) is 3.07. The lowest BCUT2D eigenvalue weighted by Crippen LogP contribution is -2.54. The van der Waals surface area contributed by atoms with E-state index in [2.05, 4.69) is 47.0 Å². The summed E-state index contributed by atoms with van der Waals surface area (Å²) in [5, 5.41) is 5.34. The number of piperidine rings is 1. The van der Waals surface area contributed by atoms with Gasteiger partial charge in [0.05, 0.1) is 63.7 Å². The molecule has 0 bridgehead atoms. The molecule has 13 nitrogen and oxygen atoms in total. The fourth-order valence-corrected chi connectivity index (χ4v) is 7.41. The summed E-state index contributed by atoms with van der Waals surface area (Å²) >= 11 is 6.30. The highest BCUT2D eigenvalue weighted by atomic mass is 35.5. The zero-order valence-corrected chi connectivity index (χ0v) is 35.0. The number of hydrogen-bond acceptors (Lipinski definition) is 10. The van der Waals surface area contributed by atoms with Crippen molar-refractivity contribution in [2.75, 3.05) is 77.6 Å². The Labute approximate surface area is 360 Å². The van der Waals surface area contributed by atoms with Crippen LogP contribution in [0.2, 0.25) is 0 Å². The van der Waals surface area contributed by atoms with Crippen molar-refractivity contribution >= 4 is 58.0 Å². The second-order valence-corrected chi connectivity index (χ2v) is 14.8. The molecule has 2 aliphatic rings. The predicted molar refractivity (Wildman–Crippen MR) is 232 cm³/mol. The van der Waals surface area contributed by atoms with Crippen molar-refractivity contribution in [1.29, 1.82) is 0 Å². The molecular formula is C47H51ClN4O9. The average Bonchev–Trinajstić information content (AvgIpc) is 3.53. The number of anilines is 1. The van der Waals surface area contributed by atoms with Gasteiger partial charge in [0.1, 0.15) is 18.4 Å². The molecule has 61 heavy (non-hydrogen) atoms. The normalized spacial score (nSPS) is 15.3. The number of alkyl halides is 1. The molecule has 1 saturated heterocycles. The summed E-state index contributed by atoms with van der Waals surface area (Å²) < 4.78 is 22.8. The first kappa shape index (κ1) is 44.7. The molecule has 320 valence electrons. The van der Waals surface area contributed by atoms with Crippen molar-refractivity contribution in [3.8, 4) is 5.75 Å². The van der Waals surface area contributed by atoms with Crippen molar-refractivity contribution in [3.63, 3.8) is 0 Å². The maximum absolute atomic E-state index is 13.2. The van der Waals surface area contributed by atoms with Crippen molar-refractivity contribution in [2.24, 2.45) is 0 Å². The van der Waals surface area contributed by atoms with E-state index >= 15 is 0 Å². The van der Waals surface area contributed by atoms with E-state index in [1.165, 1.54) is 5.57 Å². The van der Waals surface area contributed by atoms with Crippen LogP contribution < -0.4 is 15.4 Å². The number of imide groups is 2. The standard InChI is InChI=1S/C47H51ClN4O9/c1-51(25-28-61-36-17-15-35(16-18-36)43(34-11-6-3-7-12-34)37(21-23-48)33-9-4-2-5-10-33)42(54)22-26-58-29-31-60-32-30-59-27-24-49-39-14-8-13-38-44(39)47(57)52(46(38)56)40-19-20-41(53)50-45(40)55/h2-18,40,49H,19-32H2,1H3,(H,50,53,55)/b43-37-. The maximum atomic E-state index is 13.2. The fourth-order valence-electron chi connectivity index (χ4n) is 7.22. The predicted octanol–water partition coefficient (Wildman–Crippen LogP) is 6.07. The number of halogens is 1. The fraction of sp³-hybridized carbons (Fsp3) is 0.340. The lowest BCUT2D eigenvalue weighted by atomic mass is 9.88. The number of hydrogen-bond donors (Lipinski definition) is 2. The number of benzene rings is 4. The number of ether oxygens (including phenoxy) is 4. The minimum absolute atomic E-state index is 0.0460. The van der Waals surface area contributed by atoms with E-state index in [-0.39, 0.29) is 42.9 Å². The molecule has 0 aromatic heterocycles. The third-order valence-corrected chi connectivity index (χ3v) is 10.5. The molecule has 2 heterocycles.